The van der Waals surface area contributed by atoms with Crippen LogP contribution in [0.15, 0.2) is 52.5 Å². The van der Waals surface area contributed by atoms with Gasteiger partial charge in [0.25, 0.3) is 0 Å². The van der Waals surface area contributed by atoms with E-state index in [4.69, 9.17) is 5.11 Å². The van der Waals surface area contributed by atoms with Crippen LogP contribution in [0.25, 0.3) is 0 Å². The van der Waals surface area contributed by atoms with Gasteiger partial charge in [0.05, 0.1) is 0 Å². The van der Waals surface area contributed by atoms with Gasteiger partial charge in [-0.2, -0.15) is 0 Å². The van der Waals surface area contributed by atoms with Crippen LogP contribution in [-0.2, 0) is 6.42 Å². The topological polar surface area (TPSA) is 33.1 Å². The molecule has 1 heterocycles. The molecule has 0 amide bonds. The summed E-state index contributed by atoms with van der Waals surface area (Å²) in [5.41, 5.74) is 2.46. The summed E-state index contributed by atoms with van der Waals surface area (Å²) in [7, 11) is 3.34. The molecule has 0 aliphatic heterocycles. The Balaban J connectivity index is 2.11. The Morgan fingerprint density at radius 3 is 2.72 bits per heavy atom. The summed E-state index contributed by atoms with van der Waals surface area (Å²) in [5.74, 6) is 0. The highest BCUT2D eigenvalue weighted by molar-refractivity contribution is 8.76. The number of pyridine rings is 1. The molecule has 1 aromatic heterocycles. The number of benzene rings is 1. The first kappa shape index (κ1) is 13.5. The number of hydrogen-bond donors (Lipinski definition) is 1. The van der Waals surface area contributed by atoms with Gasteiger partial charge in [-0.25, -0.2) is 4.98 Å². The minimum atomic E-state index is 0.187. The lowest BCUT2D eigenvalue weighted by molar-refractivity contribution is 0.298. The lowest BCUT2D eigenvalue weighted by atomic mass is 10.1. The Morgan fingerprint density at radius 1 is 1.11 bits per heavy atom. The van der Waals surface area contributed by atoms with Crippen LogP contribution in [0, 0.1) is 6.92 Å². The Morgan fingerprint density at radius 2 is 2.00 bits per heavy atom. The van der Waals surface area contributed by atoms with E-state index in [0.717, 1.165) is 5.03 Å². The third kappa shape index (κ3) is 3.51. The van der Waals surface area contributed by atoms with Crippen molar-refractivity contribution < 1.29 is 5.11 Å². The molecule has 0 saturated heterocycles. The van der Waals surface area contributed by atoms with Crippen molar-refractivity contribution in [3.8, 4) is 0 Å². The molecule has 18 heavy (non-hydrogen) atoms. The van der Waals surface area contributed by atoms with Gasteiger partial charge in [-0.1, -0.05) is 29.0 Å². The van der Waals surface area contributed by atoms with Crippen LogP contribution >= 0.6 is 21.6 Å². The number of aryl methyl sites for hydroxylation is 1. The molecule has 0 aliphatic rings. The van der Waals surface area contributed by atoms with E-state index in [2.05, 4.69) is 30.1 Å². The van der Waals surface area contributed by atoms with E-state index < -0.39 is 0 Å². The minimum absolute atomic E-state index is 0.187. The average Bonchev–Trinajstić information content (AvgIpc) is 2.41. The monoisotopic (exact) mass is 277 g/mol. The van der Waals surface area contributed by atoms with Crippen LogP contribution in [-0.4, -0.2) is 16.7 Å². The molecule has 1 aromatic carbocycles. The third-order valence-corrected chi connectivity index (χ3v) is 4.94. The van der Waals surface area contributed by atoms with Gasteiger partial charge < -0.3 is 5.11 Å². The van der Waals surface area contributed by atoms with Crippen LogP contribution in [0.5, 0.6) is 0 Å². The van der Waals surface area contributed by atoms with Gasteiger partial charge >= 0.3 is 0 Å². The molecule has 0 aliphatic carbocycles. The molecule has 4 heteroatoms. The van der Waals surface area contributed by atoms with E-state index in [1.165, 1.54) is 16.0 Å². The molecule has 0 saturated carbocycles. The van der Waals surface area contributed by atoms with Crippen molar-refractivity contribution in [3.05, 3.63) is 53.7 Å². The van der Waals surface area contributed by atoms with Crippen LogP contribution in [0.1, 0.15) is 11.1 Å². The predicted octanol–water partition coefficient (Wildman–Crippen LogP) is 3.72. The number of aromatic nitrogens is 1. The molecule has 0 fully saturated rings. The van der Waals surface area contributed by atoms with Crippen LogP contribution in [0.3, 0.4) is 0 Å². The molecule has 0 unspecified atom stereocenters. The van der Waals surface area contributed by atoms with Gasteiger partial charge in [-0.05, 0) is 53.5 Å². The number of aliphatic hydroxyl groups is 1. The summed E-state index contributed by atoms with van der Waals surface area (Å²) in [6, 6.07) is 12.1. The van der Waals surface area contributed by atoms with Crippen molar-refractivity contribution in [3.63, 3.8) is 0 Å². The number of aliphatic hydroxyl groups excluding tert-OH is 1. The smallest absolute Gasteiger partial charge is 0.107 e. The van der Waals surface area contributed by atoms with Crippen molar-refractivity contribution in [1.82, 2.24) is 4.98 Å². The maximum atomic E-state index is 9.13. The maximum absolute atomic E-state index is 9.13. The van der Waals surface area contributed by atoms with E-state index in [1.807, 2.05) is 18.2 Å². The first-order chi connectivity index (χ1) is 8.81. The summed E-state index contributed by atoms with van der Waals surface area (Å²) in [5, 5.41) is 10.1. The van der Waals surface area contributed by atoms with E-state index >= 15 is 0 Å². The fourth-order valence-corrected chi connectivity index (χ4v) is 3.87. The first-order valence-electron chi connectivity index (χ1n) is 5.76. The molecule has 2 nitrogen and oxygen atoms in total. The van der Waals surface area contributed by atoms with Gasteiger partial charge in [0, 0.05) is 17.7 Å². The summed E-state index contributed by atoms with van der Waals surface area (Å²) in [6.45, 7) is 2.27. The van der Waals surface area contributed by atoms with Crippen LogP contribution < -0.4 is 0 Å². The lowest BCUT2D eigenvalue weighted by Crippen LogP contribution is -1.96. The molecular weight excluding hydrogens is 262 g/mol. The molecule has 2 aromatic rings. The fraction of sp³-hybridized carbons (Fsp3) is 0.214. The third-order valence-electron chi connectivity index (χ3n) is 2.58. The number of hydrogen-bond acceptors (Lipinski definition) is 4. The Hall–Kier alpha value is -0.970. The van der Waals surface area contributed by atoms with Crippen LogP contribution in [0.2, 0.25) is 0 Å². The van der Waals surface area contributed by atoms with Crippen molar-refractivity contribution in [2.45, 2.75) is 23.3 Å². The van der Waals surface area contributed by atoms with Crippen molar-refractivity contribution in [2.75, 3.05) is 6.61 Å². The number of rotatable bonds is 5. The summed E-state index contributed by atoms with van der Waals surface area (Å²) < 4.78 is 0. The van der Waals surface area contributed by atoms with Gasteiger partial charge in [-0.3, -0.25) is 0 Å². The molecule has 0 atom stereocenters. The van der Waals surface area contributed by atoms with E-state index in [9.17, 15) is 0 Å². The summed E-state index contributed by atoms with van der Waals surface area (Å²) >= 11 is 0. The van der Waals surface area contributed by atoms with E-state index in [-0.39, 0.29) is 6.61 Å². The second-order valence-electron chi connectivity index (χ2n) is 3.86. The van der Waals surface area contributed by atoms with Gasteiger partial charge in [0.15, 0.2) is 0 Å². The number of nitrogens with zero attached hydrogens (tertiary/aromatic N) is 1. The first-order valence-corrected chi connectivity index (χ1v) is 7.91. The summed E-state index contributed by atoms with van der Waals surface area (Å²) in [6.07, 6.45) is 2.51. The predicted molar refractivity (Wildman–Crippen MR) is 77.9 cm³/mol. The second-order valence-corrected chi connectivity index (χ2v) is 6.05. The highest BCUT2D eigenvalue weighted by Gasteiger charge is 2.07. The molecule has 0 bridgehead atoms. The standard InChI is InChI=1S/C14H15NOS2/c1-11-5-4-6-13(12(11)8-10-16)17-18-14-7-2-3-9-15-14/h2-7,9,16H,8,10H2,1H3. The molecule has 1 N–H and O–H groups in total. The van der Waals surface area contributed by atoms with Gasteiger partial charge in [-0.15, -0.1) is 0 Å². The van der Waals surface area contributed by atoms with Gasteiger partial charge in [0.1, 0.15) is 5.03 Å². The molecule has 2 rings (SSSR count). The van der Waals surface area contributed by atoms with Gasteiger partial charge in [0.2, 0.25) is 0 Å². The average molecular weight is 277 g/mol. The Labute approximate surface area is 115 Å². The van der Waals surface area contributed by atoms with Crippen LogP contribution in [0.4, 0.5) is 0 Å². The quantitative estimate of drug-likeness (QED) is 0.844. The zero-order chi connectivity index (χ0) is 12.8. The fourth-order valence-electron chi connectivity index (χ4n) is 1.67. The molecule has 94 valence electrons. The summed E-state index contributed by atoms with van der Waals surface area (Å²) in [4.78, 5) is 5.49. The highest BCUT2D eigenvalue weighted by atomic mass is 33.1. The highest BCUT2D eigenvalue weighted by Crippen LogP contribution is 2.38. The Kier molecular flexibility index (Phi) is 5.11. The zero-order valence-electron chi connectivity index (χ0n) is 10.2. The van der Waals surface area contributed by atoms with E-state index in [1.54, 1.807) is 27.8 Å². The normalized spacial score (nSPS) is 10.6. The van der Waals surface area contributed by atoms with Crippen molar-refractivity contribution in [1.29, 1.82) is 0 Å². The zero-order valence-corrected chi connectivity index (χ0v) is 11.8. The maximum Gasteiger partial charge on any atom is 0.107 e. The SMILES string of the molecule is Cc1cccc(SSc2ccccn2)c1CCO. The lowest BCUT2D eigenvalue weighted by Gasteiger charge is -2.10. The molecular formula is C14H15NOS2. The molecule has 0 radical (unpaired) electrons. The van der Waals surface area contributed by atoms with Crippen molar-refractivity contribution >= 4 is 21.6 Å². The van der Waals surface area contributed by atoms with Crippen molar-refractivity contribution in [2.24, 2.45) is 0 Å². The molecule has 0 spiro atoms. The Bertz CT molecular complexity index is 502. The second kappa shape index (κ2) is 6.83. The largest absolute Gasteiger partial charge is 0.396 e. The minimum Gasteiger partial charge on any atom is -0.396 e. The van der Waals surface area contributed by atoms with E-state index in [0.29, 0.717) is 6.42 Å².